The Kier molecular flexibility index (Phi) is 10.5. The fourth-order valence-corrected chi connectivity index (χ4v) is 1.50. The van der Waals surface area contributed by atoms with Gasteiger partial charge in [0.2, 0.25) is 0 Å². The van der Waals surface area contributed by atoms with Crippen molar-refractivity contribution in [3.05, 3.63) is 0 Å². The van der Waals surface area contributed by atoms with E-state index in [1.54, 1.807) is 0 Å². The fraction of sp³-hybridized carbons (Fsp3) is 0.800. The Morgan fingerprint density at radius 3 is 2.57 bits per heavy atom. The molecule has 0 rings (SSSR count). The van der Waals surface area contributed by atoms with Crippen molar-refractivity contribution in [1.82, 2.24) is 0 Å². The van der Waals surface area contributed by atoms with E-state index < -0.39 is 0 Å². The Bertz CT molecular complexity index is 241. The van der Waals surface area contributed by atoms with E-state index in [9.17, 15) is 4.21 Å². The van der Waals surface area contributed by atoms with Crippen LogP contribution in [0, 0.1) is 0 Å². The monoisotopic (exact) mass is 231 g/mol. The molecular formula is C10H17NOS2. The van der Waals surface area contributed by atoms with Gasteiger partial charge in [-0.1, -0.05) is 19.3 Å². The Hall–Kier alpha value is -0.310. The average Bonchev–Trinajstić information content (AvgIpc) is 2.21. The summed E-state index contributed by atoms with van der Waals surface area (Å²) in [6.07, 6.45) is 6.83. The molecule has 0 N–H and O–H groups in total. The highest BCUT2D eigenvalue weighted by atomic mass is 32.1. The summed E-state index contributed by atoms with van der Waals surface area (Å²) < 4.78 is 10.3. The molecule has 0 aliphatic heterocycles. The molecule has 0 amide bonds. The summed E-state index contributed by atoms with van der Waals surface area (Å²) in [6.45, 7) is 2.72. The van der Waals surface area contributed by atoms with Gasteiger partial charge in [-0.25, -0.2) is 9.20 Å². The topological polar surface area (TPSA) is 29.4 Å². The first kappa shape index (κ1) is 13.7. The van der Waals surface area contributed by atoms with Crippen molar-refractivity contribution in [3.63, 3.8) is 0 Å². The normalized spacial score (nSPS) is 9.21. The molecule has 0 aromatic carbocycles. The van der Waals surface area contributed by atoms with E-state index in [1.165, 1.54) is 19.3 Å². The van der Waals surface area contributed by atoms with Gasteiger partial charge in [0, 0.05) is 11.4 Å². The highest BCUT2D eigenvalue weighted by Crippen LogP contribution is 2.05. The van der Waals surface area contributed by atoms with Crippen LogP contribution < -0.4 is 0 Å². The van der Waals surface area contributed by atoms with Gasteiger partial charge in [-0.3, -0.25) is 0 Å². The number of thiocarbonyl (C=S) groups is 1. The third-order valence-electron chi connectivity index (χ3n) is 2.01. The lowest BCUT2D eigenvalue weighted by Gasteiger charge is -1.98. The fourth-order valence-electron chi connectivity index (χ4n) is 1.18. The third kappa shape index (κ3) is 9.78. The summed E-state index contributed by atoms with van der Waals surface area (Å²) in [7, 11) is 0. The standard InChI is InChI=1S/C10H17NOS2/c1-10(14-12)7-5-3-2-4-6-8-11-9-13/h2-8H2,1H3. The van der Waals surface area contributed by atoms with Crippen LogP contribution >= 0.6 is 12.2 Å². The van der Waals surface area contributed by atoms with Gasteiger partial charge >= 0.3 is 0 Å². The highest BCUT2D eigenvalue weighted by Gasteiger charge is 1.92. The molecule has 0 saturated heterocycles. The molecule has 0 aliphatic rings. The van der Waals surface area contributed by atoms with Crippen molar-refractivity contribution in [2.45, 2.75) is 45.4 Å². The van der Waals surface area contributed by atoms with Gasteiger partial charge in [0.1, 0.15) is 0 Å². The maximum absolute atomic E-state index is 10.3. The molecule has 0 saturated carbocycles. The first-order valence-electron chi connectivity index (χ1n) is 4.97. The quantitative estimate of drug-likeness (QED) is 0.365. The van der Waals surface area contributed by atoms with E-state index in [1.807, 2.05) is 6.92 Å². The van der Waals surface area contributed by atoms with Crippen LogP contribution in [0.3, 0.4) is 0 Å². The van der Waals surface area contributed by atoms with Gasteiger partial charge in [-0.2, -0.15) is 0 Å². The molecule has 2 nitrogen and oxygen atoms in total. The Morgan fingerprint density at radius 1 is 1.29 bits per heavy atom. The van der Waals surface area contributed by atoms with E-state index >= 15 is 0 Å². The second kappa shape index (κ2) is 10.8. The third-order valence-corrected chi connectivity index (χ3v) is 2.62. The largest absolute Gasteiger partial charge is 0.233 e. The van der Waals surface area contributed by atoms with Crippen LogP contribution in [0.25, 0.3) is 0 Å². The zero-order valence-electron chi connectivity index (χ0n) is 8.62. The van der Waals surface area contributed by atoms with E-state index in [0.29, 0.717) is 11.3 Å². The zero-order valence-corrected chi connectivity index (χ0v) is 10.3. The molecule has 0 bridgehead atoms. The van der Waals surface area contributed by atoms with Gasteiger partial charge < -0.3 is 0 Å². The Morgan fingerprint density at radius 2 is 1.93 bits per heavy atom. The summed E-state index contributed by atoms with van der Waals surface area (Å²) in [6, 6.07) is 0. The average molecular weight is 231 g/mol. The van der Waals surface area contributed by atoms with Crippen molar-refractivity contribution in [2.24, 2.45) is 4.99 Å². The molecule has 0 fully saturated rings. The predicted molar refractivity (Wildman–Crippen MR) is 66.4 cm³/mol. The van der Waals surface area contributed by atoms with Crippen LogP contribution in [0.1, 0.15) is 45.4 Å². The second-order valence-electron chi connectivity index (χ2n) is 3.28. The number of nitrogens with zero attached hydrogens (tertiary/aromatic N) is 1. The van der Waals surface area contributed by atoms with Crippen molar-refractivity contribution >= 4 is 33.5 Å². The lowest BCUT2D eigenvalue weighted by atomic mass is 10.1. The first-order chi connectivity index (χ1) is 6.81. The van der Waals surface area contributed by atoms with Gasteiger partial charge in [0.05, 0.1) is 16.4 Å². The van der Waals surface area contributed by atoms with Crippen molar-refractivity contribution in [1.29, 1.82) is 0 Å². The molecule has 4 heteroatoms. The van der Waals surface area contributed by atoms with Gasteiger partial charge in [-0.15, -0.1) is 0 Å². The number of unbranched alkanes of at least 4 members (excludes halogenated alkanes) is 4. The van der Waals surface area contributed by atoms with E-state index in [0.717, 1.165) is 30.7 Å². The van der Waals surface area contributed by atoms with Crippen molar-refractivity contribution < 1.29 is 4.21 Å². The number of aliphatic imine (C=N–C) groups is 1. The SMILES string of the molecule is CC(CCCCCCCN=C=S)=S=O. The summed E-state index contributed by atoms with van der Waals surface area (Å²) in [5.41, 5.74) is 0. The maximum Gasteiger partial charge on any atom is 0.0873 e. The lowest BCUT2D eigenvalue weighted by molar-refractivity contribution is 0.629. The molecule has 0 atom stereocenters. The molecule has 0 radical (unpaired) electrons. The van der Waals surface area contributed by atoms with Crippen LogP contribution in [0.2, 0.25) is 0 Å². The van der Waals surface area contributed by atoms with Crippen molar-refractivity contribution in [2.75, 3.05) is 6.54 Å². The number of rotatable bonds is 8. The van der Waals surface area contributed by atoms with Crippen LogP contribution in [-0.4, -0.2) is 20.8 Å². The Labute approximate surface area is 94.9 Å². The first-order valence-corrected chi connectivity index (χ1v) is 6.12. The van der Waals surface area contributed by atoms with Crippen LogP contribution in [0.15, 0.2) is 4.99 Å². The van der Waals surface area contributed by atoms with E-state index in [2.05, 4.69) is 22.4 Å². The summed E-state index contributed by atoms with van der Waals surface area (Å²) >= 11 is 5.09. The predicted octanol–water partition coefficient (Wildman–Crippen LogP) is 2.84. The molecule has 0 aliphatic carbocycles. The molecule has 0 aromatic heterocycles. The smallest absolute Gasteiger partial charge is 0.0873 e. The van der Waals surface area contributed by atoms with Crippen LogP contribution in [-0.2, 0) is 11.3 Å². The molecule has 0 spiro atoms. The minimum Gasteiger partial charge on any atom is -0.233 e. The Balaban J connectivity index is 3.14. The summed E-state index contributed by atoms with van der Waals surface area (Å²) in [5, 5.41) is 2.36. The van der Waals surface area contributed by atoms with Crippen LogP contribution in [0.5, 0.6) is 0 Å². The van der Waals surface area contributed by atoms with E-state index in [-0.39, 0.29) is 0 Å². The summed E-state index contributed by atoms with van der Waals surface area (Å²) in [5.74, 6) is 0. The van der Waals surface area contributed by atoms with Gasteiger partial charge in [0.15, 0.2) is 0 Å². The van der Waals surface area contributed by atoms with E-state index in [4.69, 9.17) is 0 Å². The van der Waals surface area contributed by atoms with Crippen molar-refractivity contribution in [3.8, 4) is 0 Å². The maximum atomic E-state index is 10.3. The molecule has 0 unspecified atom stereocenters. The molecular weight excluding hydrogens is 214 g/mol. The summed E-state index contributed by atoms with van der Waals surface area (Å²) in [4.78, 5) is 4.84. The van der Waals surface area contributed by atoms with Gasteiger partial charge in [-0.05, 0) is 38.4 Å². The van der Waals surface area contributed by atoms with Gasteiger partial charge in [0.25, 0.3) is 0 Å². The number of hydrogen-bond donors (Lipinski definition) is 0. The van der Waals surface area contributed by atoms with Crippen LogP contribution in [0.4, 0.5) is 0 Å². The minimum absolute atomic E-state index is 0.631. The second-order valence-corrected chi connectivity index (χ2v) is 4.32. The molecule has 14 heavy (non-hydrogen) atoms. The molecule has 80 valence electrons. The highest BCUT2D eigenvalue weighted by molar-refractivity contribution is 7.78. The number of hydrogen-bond acceptors (Lipinski definition) is 3. The minimum atomic E-state index is 0.631. The molecule has 0 aromatic rings. The zero-order chi connectivity index (χ0) is 10.6. The molecule has 0 heterocycles. The number of isothiocyanates is 1. The lowest BCUT2D eigenvalue weighted by Crippen LogP contribution is -1.90.